The summed E-state index contributed by atoms with van der Waals surface area (Å²) in [6.07, 6.45) is 0.724. The molecule has 0 aromatic heterocycles. The molecule has 2 heterocycles. The number of halogens is 2. The zero-order valence-corrected chi connectivity index (χ0v) is 27.4. The van der Waals surface area contributed by atoms with Gasteiger partial charge in [-0.1, -0.05) is 60.7 Å². The Labute approximate surface area is 295 Å². The van der Waals surface area contributed by atoms with E-state index >= 15 is 0 Å². The average Bonchev–Trinajstić information content (AvgIpc) is 3.10. The Morgan fingerprint density at radius 3 is 1.45 bits per heavy atom. The fourth-order valence-electron chi connectivity index (χ4n) is 4.68. The summed E-state index contributed by atoms with van der Waals surface area (Å²) in [5.41, 5.74) is 1.29. The van der Waals surface area contributed by atoms with Crippen molar-refractivity contribution in [1.82, 2.24) is 18.7 Å². The minimum atomic E-state index is -4.87. The molecule has 4 atom stereocenters. The largest absolute Gasteiger partial charge is 0.395 e. The van der Waals surface area contributed by atoms with Crippen LogP contribution in [-0.2, 0) is 18.2 Å². The molecule has 248 valence electrons. The third-order valence-corrected chi connectivity index (χ3v) is 11.8. The van der Waals surface area contributed by atoms with E-state index < -0.39 is 78.2 Å². The molecule has 2 aliphatic heterocycles. The monoisotopic (exact) mass is 724 g/mol. The third kappa shape index (κ3) is 9.60. The summed E-state index contributed by atoms with van der Waals surface area (Å²) in [5, 5.41) is 19.6. The lowest BCUT2D eigenvalue weighted by atomic mass is 10.1. The molecule has 14 heteroatoms. The molecule has 0 aliphatic carbocycles. The summed E-state index contributed by atoms with van der Waals surface area (Å²) in [4.78, 5) is 0. The van der Waals surface area contributed by atoms with Gasteiger partial charge in [-0.05, 0) is 37.8 Å². The van der Waals surface area contributed by atoms with Crippen molar-refractivity contribution < 1.29 is 50.3 Å². The predicted octanol–water partition coefficient (Wildman–Crippen LogP) is 6.22. The second kappa shape index (κ2) is 19.1. The lowest BCUT2D eigenvalue weighted by molar-refractivity contribution is 0.126. The first kappa shape index (κ1) is 20.5. The van der Waals surface area contributed by atoms with Crippen LogP contribution in [0.2, 0.25) is 0 Å². The van der Waals surface area contributed by atoms with Gasteiger partial charge >= 0.3 is 15.3 Å². The molecule has 2 aliphatic rings. The number of hydrogen-bond acceptors (Lipinski definition) is 6. The number of aliphatic hydroxyl groups is 2. The smallest absolute Gasteiger partial charge is 0.346 e. The van der Waals surface area contributed by atoms with Gasteiger partial charge in [-0.25, -0.2) is 18.7 Å². The van der Waals surface area contributed by atoms with E-state index in [0.717, 1.165) is 4.67 Å². The maximum atomic E-state index is 14.2. The van der Waals surface area contributed by atoms with Crippen LogP contribution in [0.5, 0.6) is 0 Å². The average molecular weight is 726 g/mol. The standard InChI is InChI=1S/C15H23Cl2N2O2P.C15H25N2O4P/c1-14(15-6-3-2-4-7-15)19-10-5-13-21-22(19,20)18(11-8-16)12-9-17;1-14(15-6-3-2-4-7-15)17-8-5-13-21-22(17,20)16(9-11-18)10-12-19/h2-4,6-7,14H,5,8-13H2,1H3;2-4,6-7,14,18-19H,5,8-13H2,1H3/i8T2,9T2,11T2,12T2;9T2,10T2,11T2,12T2. The molecule has 0 bridgehead atoms. The summed E-state index contributed by atoms with van der Waals surface area (Å²) in [6, 6.07) is 15.9. The number of rotatable bonds is 14. The second-order valence-electron chi connectivity index (χ2n) is 9.34. The van der Waals surface area contributed by atoms with Gasteiger partial charge in [-0.15, -0.1) is 23.2 Å². The van der Waals surface area contributed by atoms with E-state index in [4.69, 9.17) is 54.2 Å². The zero-order chi connectivity index (χ0) is 46.3. The van der Waals surface area contributed by atoms with Gasteiger partial charge in [0, 0.05) is 79.3 Å². The summed E-state index contributed by atoms with van der Waals surface area (Å²) in [7, 11) is -9.60. The van der Waals surface area contributed by atoms with Crippen LogP contribution in [-0.4, -0.2) is 106 Å². The highest BCUT2D eigenvalue weighted by Crippen LogP contribution is 2.60. The molecule has 4 unspecified atom stereocenters. The Bertz CT molecular complexity index is 1660. The molecular formula is C30H48Cl2N4O6P2. The summed E-state index contributed by atoms with van der Waals surface area (Å²) >= 11 is 11.2. The molecule has 0 spiro atoms. The quantitative estimate of drug-likeness (QED) is 0.172. The lowest BCUT2D eigenvalue weighted by Gasteiger charge is -2.43. The second-order valence-corrected chi connectivity index (χ2v) is 14.0. The molecule has 10 nitrogen and oxygen atoms in total. The van der Waals surface area contributed by atoms with Gasteiger partial charge in [0.15, 0.2) is 0 Å². The van der Waals surface area contributed by atoms with Crippen LogP contribution >= 0.6 is 38.5 Å². The highest BCUT2D eigenvalue weighted by molar-refractivity contribution is 7.54. The van der Waals surface area contributed by atoms with Gasteiger partial charge in [0.1, 0.15) is 0 Å². The van der Waals surface area contributed by atoms with Crippen LogP contribution in [0.1, 0.15) is 71.8 Å². The molecule has 2 fully saturated rings. The van der Waals surface area contributed by atoms with Crippen molar-refractivity contribution in [3.05, 3.63) is 71.8 Å². The normalized spacial score (nSPS) is 32.5. The molecule has 4 rings (SSSR count). The highest BCUT2D eigenvalue weighted by Gasteiger charge is 2.44. The summed E-state index contributed by atoms with van der Waals surface area (Å²) in [5.74, 6) is -6.52. The van der Waals surface area contributed by atoms with Gasteiger partial charge in [-0.2, -0.15) is 0 Å². The van der Waals surface area contributed by atoms with Crippen molar-refractivity contribution in [2.45, 2.75) is 38.8 Å². The summed E-state index contributed by atoms with van der Waals surface area (Å²) in [6.45, 7) is -19.0. The van der Waals surface area contributed by atoms with Crippen LogP contribution in [0, 0.1) is 0 Å². The Kier molecular flexibility index (Phi) is 8.90. The van der Waals surface area contributed by atoms with Crippen molar-refractivity contribution >= 4 is 38.5 Å². The zero-order valence-electron chi connectivity index (χ0n) is 40.1. The number of alkyl halides is 2. The predicted molar refractivity (Wildman–Crippen MR) is 178 cm³/mol. The third-order valence-electron chi connectivity index (χ3n) is 6.80. The Morgan fingerprint density at radius 1 is 0.750 bits per heavy atom. The van der Waals surface area contributed by atoms with Crippen molar-refractivity contribution in [3.8, 4) is 0 Å². The highest BCUT2D eigenvalue weighted by atomic mass is 35.5. The van der Waals surface area contributed by atoms with Crippen LogP contribution in [0.4, 0.5) is 0 Å². The lowest BCUT2D eigenvalue weighted by Crippen LogP contribution is -2.40. The first-order valence-corrected chi connectivity index (χ1v) is 17.3. The number of nitrogens with zero attached hydrogens (tertiary/aromatic N) is 4. The Hall–Kier alpha value is -0.840. The van der Waals surface area contributed by atoms with Crippen LogP contribution < -0.4 is 0 Å². The SMILES string of the molecule is [3H]C([3H])(Cl)C([3H])([3H])N(C([3H])([3H])C([3H])([3H])Cl)P1(=O)OCCCN1C(C)c1ccccc1.[3H]C([3H])(O)C([3H])([3H])N(C([3H])([3H])C([3H])([3H])O)P1(=O)OCCCN1C(C)c1ccccc1. The minimum Gasteiger partial charge on any atom is -0.395 e. The summed E-state index contributed by atoms with van der Waals surface area (Å²) < 4.78 is 166. The molecule has 2 saturated heterocycles. The molecule has 2 N–H and O–H groups in total. The first-order valence-electron chi connectivity index (χ1n) is 21.5. The molecule has 2 aromatic carbocycles. The van der Waals surface area contributed by atoms with Gasteiger partial charge in [0.2, 0.25) is 0 Å². The maximum Gasteiger partial charge on any atom is 0.346 e. The molecule has 44 heavy (non-hydrogen) atoms. The van der Waals surface area contributed by atoms with E-state index in [2.05, 4.69) is 0 Å². The van der Waals surface area contributed by atoms with Crippen LogP contribution in [0.15, 0.2) is 60.7 Å². The first-order chi connectivity index (χ1) is 27.0. The Morgan fingerprint density at radius 2 is 1.11 bits per heavy atom. The van der Waals surface area contributed by atoms with Crippen molar-refractivity contribution in [1.29, 1.82) is 0 Å². The molecule has 0 radical (unpaired) electrons. The van der Waals surface area contributed by atoms with E-state index in [1.54, 1.807) is 74.5 Å². The fourth-order valence-corrected chi connectivity index (χ4v) is 9.32. The van der Waals surface area contributed by atoms with Gasteiger partial charge in [0.25, 0.3) is 0 Å². The van der Waals surface area contributed by atoms with E-state index in [0.29, 0.717) is 24.0 Å². The molecule has 2 aromatic rings. The van der Waals surface area contributed by atoms with E-state index in [-0.39, 0.29) is 35.6 Å². The number of hydrogen-bond donors (Lipinski definition) is 2. The fraction of sp³-hybridized carbons (Fsp3) is 0.600. The topological polar surface area (TPSA) is 106 Å². The van der Waals surface area contributed by atoms with Crippen LogP contribution in [0.25, 0.3) is 0 Å². The van der Waals surface area contributed by atoms with Gasteiger partial charge in [-0.3, -0.25) is 9.13 Å². The molecular weight excluding hydrogens is 645 g/mol. The van der Waals surface area contributed by atoms with E-state index in [1.165, 1.54) is 4.67 Å². The van der Waals surface area contributed by atoms with Gasteiger partial charge in [0.05, 0.1) is 31.8 Å². The van der Waals surface area contributed by atoms with Crippen molar-refractivity contribution in [3.63, 3.8) is 0 Å². The van der Waals surface area contributed by atoms with E-state index in [9.17, 15) is 19.3 Å². The molecule has 0 saturated carbocycles. The van der Waals surface area contributed by atoms with Crippen molar-refractivity contribution in [2.24, 2.45) is 0 Å². The minimum absolute atomic E-state index is 0.0266. The van der Waals surface area contributed by atoms with Crippen LogP contribution in [0.3, 0.4) is 0 Å². The molecule has 0 amide bonds. The van der Waals surface area contributed by atoms with Crippen molar-refractivity contribution in [2.75, 3.05) is 77.1 Å². The number of benzene rings is 2. The van der Waals surface area contributed by atoms with Gasteiger partial charge < -0.3 is 19.3 Å². The Balaban J connectivity index is 0.000000320. The maximum absolute atomic E-state index is 14.2. The van der Waals surface area contributed by atoms with E-state index in [1.807, 2.05) is 0 Å².